The van der Waals surface area contributed by atoms with E-state index >= 15 is 0 Å². The number of nitrogens with zero attached hydrogens (tertiary/aromatic N) is 2. The zero-order valence-corrected chi connectivity index (χ0v) is 12.9. The molecule has 0 saturated heterocycles. The van der Waals surface area contributed by atoms with Crippen LogP contribution in [-0.4, -0.2) is 24.1 Å². The van der Waals surface area contributed by atoms with E-state index < -0.39 is 0 Å². The molecule has 1 saturated carbocycles. The van der Waals surface area contributed by atoms with E-state index in [2.05, 4.69) is 42.0 Å². The summed E-state index contributed by atoms with van der Waals surface area (Å²) in [5, 5.41) is 4.16. The maximum absolute atomic E-state index is 6.22. The van der Waals surface area contributed by atoms with E-state index in [1.54, 1.807) is 6.20 Å². The monoisotopic (exact) mass is 281 g/mol. The Hall–Kier alpha value is -0.800. The first-order valence-corrected chi connectivity index (χ1v) is 7.60. The summed E-state index contributed by atoms with van der Waals surface area (Å²) >= 11 is 6.22. The lowest BCUT2D eigenvalue weighted by Gasteiger charge is -2.22. The van der Waals surface area contributed by atoms with E-state index in [1.165, 1.54) is 12.8 Å². The molecule has 0 aliphatic heterocycles. The summed E-state index contributed by atoms with van der Waals surface area (Å²) in [6.45, 7) is 9.39. The van der Waals surface area contributed by atoms with Crippen LogP contribution >= 0.6 is 11.6 Å². The first-order chi connectivity index (χ1) is 9.10. The number of halogens is 1. The van der Waals surface area contributed by atoms with Crippen molar-refractivity contribution >= 4 is 17.4 Å². The minimum Gasteiger partial charge on any atom is -0.357 e. The van der Waals surface area contributed by atoms with Crippen LogP contribution in [0.4, 0.5) is 5.82 Å². The van der Waals surface area contributed by atoms with Crippen molar-refractivity contribution in [1.29, 1.82) is 0 Å². The number of pyridine rings is 1. The van der Waals surface area contributed by atoms with Crippen molar-refractivity contribution in [3.8, 4) is 0 Å². The van der Waals surface area contributed by atoms with Crippen LogP contribution in [0.5, 0.6) is 0 Å². The normalized spacial score (nSPS) is 15.0. The molecule has 1 aliphatic rings. The van der Waals surface area contributed by atoms with Gasteiger partial charge in [0, 0.05) is 31.9 Å². The Labute approximate surface area is 121 Å². The molecule has 4 heteroatoms. The fraction of sp³-hybridized carbons (Fsp3) is 0.667. The molecule has 0 unspecified atom stereocenters. The molecule has 1 fully saturated rings. The predicted molar refractivity (Wildman–Crippen MR) is 81.8 cm³/mol. The van der Waals surface area contributed by atoms with Gasteiger partial charge in [-0.2, -0.15) is 0 Å². The van der Waals surface area contributed by atoms with E-state index in [9.17, 15) is 0 Å². The third-order valence-corrected chi connectivity index (χ3v) is 3.84. The lowest BCUT2D eigenvalue weighted by molar-refractivity contribution is 0.588. The highest BCUT2D eigenvalue weighted by atomic mass is 35.5. The van der Waals surface area contributed by atoms with Gasteiger partial charge in [0.15, 0.2) is 0 Å². The molecule has 106 valence electrons. The summed E-state index contributed by atoms with van der Waals surface area (Å²) in [7, 11) is 0. The average molecular weight is 282 g/mol. The molecule has 2 rings (SSSR count). The Balaban J connectivity index is 2.08. The Kier molecular flexibility index (Phi) is 5.06. The fourth-order valence-electron chi connectivity index (χ4n) is 2.09. The van der Waals surface area contributed by atoms with Gasteiger partial charge in [0.05, 0.1) is 5.02 Å². The van der Waals surface area contributed by atoms with Gasteiger partial charge < -0.3 is 10.2 Å². The maximum Gasteiger partial charge on any atom is 0.128 e. The molecule has 3 nitrogen and oxygen atoms in total. The van der Waals surface area contributed by atoms with Gasteiger partial charge in [0.2, 0.25) is 0 Å². The number of hydrogen-bond acceptors (Lipinski definition) is 3. The molecule has 0 amide bonds. The van der Waals surface area contributed by atoms with E-state index in [4.69, 9.17) is 11.6 Å². The molecule has 1 aromatic heterocycles. The second kappa shape index (κ2) is 6.58. The highest BCUT2D eigenvalue weighted by Gasteiger charge is 2.24. The minimum atomic E-state index is 0.460. The van der Waals surface area contributed by atoms with Crippen molar-refractivity contribution in [1.82, 2.24) is 10.3 Å². The Bertz CT molecular complexity index is 416. The average Bonchev–Trinajstić information content (AvgIpc) is 3.19. The molecule has 1 N–H and O–H groups in total. The van der Waals surface area contributed by atoms with Gasteiger partial charge in [-0.15, -0.1) is 0 Å². The van der Waals surface area contributed by atoms with Crippen molar-refractivity contribution in [2.75, 3.05) is 18.0 Å². The van der Waals surface area contributed by atoms with E-state index in [1.807, 2.05) is 0 Å². The van der Waals surface area contributed by atoms with Crippen molar-refractivity contribution in [3.63, 3.8) is 0 Å². The predicted octanol–water partition coefficient (Wildman–Crippen LogP) is 3.47. The molecule has 0 bridgehead atoms. The standard InChI is InChI=1S/C15H24ClN3/c1-4-19(10-12-5-6-12)15-7-13(8-17-11(2)3)14(16)9-18-15/h7,9,11-12,17H,4-6,8,10H2,1-3H3. The second-order valence-corrected chi connectivity index (χ2v) is 6.06. The molecule has 1 aromatic rings. The second-order valence-electron chi connectivity index (χ2n) is 5.65. The number of rotatable bonds is 7. The summed E-state index contributed by atoms with van der Waals surface area (Å²) in [6, 6.07) is 2.59. The first-order valence-electron chi connectivity index (χ1n) is 7.23. The van der Waals surface area contributed by atoms with E-state index in [-0.39, 0.29) is 0 Å². The molecular weight excluding hydrogens is 258 g/mol. The SMILES string of the molecule is CCN(CC1CC1)c1cc(CNC(C)C)c(Cl)cn1. The maximum atomic E-state index is 6.22. The smallest absolute Gasteiger partial charge is 0.128 e. The zero-order valence-electron chi connectivity index (χ0n) is 12.1. The molecule has 1 aliphatic carbocycles. The summed E-state index contributed by atoms with van der Waals surface area (Å²) in [4.78, 5) is 6.84. The summed E-state index contributed by atoms with van der Waals surface area (Å²) in [6.07, 6.45) is 4.52. The van der Waals surface area contributed by atoms with Gasteiger partial charge in [0.1, 0.15) is 5.82 Å². The molecule has 0 atom stereocenters. The Morgan fingerprint density at radius 3 is 2.79 bits per heavy atom. The highest BCUT2D eigenvalue weighted by molar-refractivity contribution is 6.31. The van der Waals surface area contributed by atoms with Crippen LogP contribution in [0.2, 0.25) is 5.02 Å². The van der Waals surface area contributed by atoms with Crippen molar-refractivity contribution in [2.45, 2.75) is 46.2 Å². The van der Waals surface area contributed by atoms with Crippen molar-refractivity contribution < 1.29 is 0 Å². The molecular formula is C15H24ClN3. The largest absolute Gasteiger partial charge is 0.357 e. The van der Waals surface area contributed by atoms with Crippen LogP contribution in [0.3, 0.4) is 0 Å². The van der Waals surface area contributed by atoms with E-state index in [0.29, 0.717) is 6.04 Å². The van der Waals surface area contributed by atoms with E-state index in [0.717, 1.165) is 42.0 Å². The Morgan fingerprint density at radius 1 is 1.47 bits per heavy atom. The lowest BCUT2D eigenvalue weighted by Crippen LogP contribution is -2.27. The third kappa shape index (κ3) is 4.36. The summed E-state index contributed by atoms with van der Waals surface area (Å²) in [5.41, 5.74) is 1.13. The quantitative estimate of drug-likeness (QED) is 0.829. The van der Waals surface area contributed by atoms with Crippen LogP contribution < -0.4 is 10.2 Å². The third-order valence-electron chi connectivity index (χ3n) is 3.50. The zero-order chi connectivity index (χ0) is 13.8. The number of aromatic nitrogens is 1. The van der Waals surface area contributed by atoms with Crippen LogP contribution in [0.1, 0.15) is 39.2 Å². The van der Waals surface area contributed by atoms with Crippen LogP contribution in [0.15, 0.2) is 12.3 Å². The summed E-state index contributed by atoms with van der Waals surface area (Å²) < 4.78 is 0. The lowest BCUT2D eigenvalue weighted by atomic mass is 10.2. The van der Waals surface area contributed by atoms with Gasteiger partial charge in [0.25, 0.3) is 0 Å². The van der Waals surface area contributed by atoms with Crippen molar-refractivity contribution in [2.24, 2.45) is 5.92 Å². The molecule has 0 radical (unpaired) electrons. The molecule has 19 heavy (non-hydrogen) atoms. The first kappa shape index (κ1) is 14.6. The van der Waals surface area contributed by atoms with Crippen LogP contribution in [0.25, 0.3) is 0 Å². The van der Waals surface area contributed by atoms with Gasteiger partial charge in [-0.1, -0.05) is 25.4 Å². The van der Waals surface area contributed by atoms with Crippen LogP contribution in [-0.2, 0) is 6.54 Å². The minimum absolute atomic E-state index is 0.460. The highest BCUT2D eigenvalue weighted by Crippen LogP contribution is 2.31. The van der Waals surface area contributed by atoms with Gasteiger partial charge in [-0.25, -0.2) is 4.98 Å². The van der Waals surface area contributed by atoms with Crippen molar-refractivity contribution in [3.05, 3.63) is 22.8 Å². The van der Waals surface area contributed by atoms with Gasteiger partial charge >= 0.3 is 0 Å². The molecule has 1 heterocycles. The number of nitrogens with one attached hydrogen (secondary N) is 1. The van der Waals surface area contributed by atoms with Gasteiger partial charge in [-0.05, 0) is 37.3 Å². The Morgan fingerprint density at radius 2 is 2.21 bits per heavy atom. The number of hydrogen-bond donors (Lipinski definition) is 1. The topological polar surface area (TPSA) is 28.2 Å². The van der Waals surface area contributed by atoms with Crippen LogP contribution in [0, 0.1) is 5.92 Å². The number of anilines is 1. The fourth-order valence-corrected chi connectivity index (χ4v) is 2.26. The van der Waals surface area contributed by atoms with Gasteiger partial charge in [-0.3, -0.25) is 0 Å². The molecule has 0 spiro atoms. The molecule has 0 aromatic carbocycles. The summed E-state index contributed by atoms with van der Waals surface area (Å²) in [5.74, 6) is 1.93.